The predicted octanol–water partition coefficient (Wildman–Crippen LogP) is 5.40. The van der Waals surface area contributed by atoms with E-state index in [-0.39, 0.29) is 5.56 Å². The van der Waals surface area contributed by atoms with Crippen molar-refractivity contribution in [1.29, 1.82) is 0 Å². The summed E-state index contributed by atoms with van der Waals surface area (Å²) >= 11 is 0. The second-order valence-corrected chi connectivity index (χ2v) is 6.24. The molecule has 0 aliphatic rings. The molecule has 0 radical (unpaired) electrons. The van der Waals surface area contributed by atoms with Crippen LogP contribution in [0.3, 0.4) is 0 Å². The molecular formula is C23H15NO2. The van der Waals surface area contributed by atoms with Gasteiger partial charge in [0.25, 0.3) is 5.56 Å². The lowest BCUT2D eigenvalue weighted by atomic mass is 10.0. The van der Waals surface area contributed by atoms with Crippen LogP contribution in [-0.2, 0) is 0 Å². The molecule has 5 rings (SSSR count). The van der Waals surface area contributed by atoms with Crippen molar-refractivity contribution in [2.45, 2.75) is 0 Å². The Labute approximate surface area is 149 Å². The van der Waals surface area contributed by atoms with Gasteiger partial charge in [0.05, 0.1) is 0 Å². The first-order valence-corrected chi connectivity index (χ1v) is 8.50. The molecule has 0 atom stereocenters. The molecule has 0 fully saturated rings. The molecule has 3 nitrogen and oxygen atoms in total. The Morgan fingerprint density at radius 1 is 0.692 bits per heavy atom. The third kappa shape index (κ3) is 2.25. The van der Waals surface area contributed by atoms with Crippen LogP contribution in [0.5, 0.6) is 0 Å². The Morgan fingerprint density at radius 2 is 1.46 bits per heavy atom. The van der Waals surface area contributed by atoms with Gasteiger partial charge >= 0.3 is 0 Å². The van der Waals surface area contributed by atoms with Gasteiger partial charge in [0.2, 0.25) is 0 Å². The quantitative estimate of drug-likeness (QED) is 0.432. The fraction of sp³-hybridized carbons (Fsp3) is 0. The first-order chi connectivity index (χ1) is 12.8. The van der Waals surface area contributed by atoms with Crippen molar-refractivity contribution in [2.75, 3.05) is 0 Å². The van der Waals surface area contributed by atoms with Crippen LogP contribution in [0.2, 0.25) is 0 Å². The maximum Gasteiger partial charge on any atom is 0.255 e. The minimum atomic E-state index is -0.0420. The van der Waals surface area contributed by atoms with E-state index in [1.165, 1.54) is 0 Å². The first kappa shape index (κ1) is 14.7. The van der Waals surface area contributed by atoms with E-state index in [4.69, 9.17) is 4.42 Å². The van der Waals surface area contributed by atoms with E-state index in [0.717, 1.165) is 38.8 Å². The first-order valence-electron chi connectivity index (χ1n) is 8.50. The SMILES string of the molecule is O=c1ccccn1-c1ccc(-c2cccc3c2oc2ccccc23)cc1. The highest BCUT2D eigenvalue weighted by atomic mass is 16.3. The van der Waals surface area contributed by atoms with Gasteiger partial charge in [-0.25, -0.2) is 0 Å². The molecule has 26 heavy (non-hydrogen) atoms. The van der Waals surface area contributed by atoms with Gasteiger partial charge in [0, 0.05) is 34.3 Å². The number of rotatable bonds is 2. The van der Waals surface area contributed by atoms with E-state index in [1.807, 2.05) is 48.5 Å². The minimum absolute atomic E-state index is 0.0420. The standard InChI is InChI=1S/C23H15NO2/c25-22-10-3-4-15-24(22)17-13-11-16(12-14-17)18-7-5-8-20-19-6-1-2-9-21(19)26-23(18)20/h1-15H. The Balaban J connectivity index is 1.66. The van der Waals surface area contributed by atoms with E-state index in [9.17, 15) is 4.79 Å². The van der Waals surface area contributed by atoms with Crippen molar-refractivity contribution in [3.63, 3.8) is 0 Å². The summed E-state index contributed by atoms with van der Waals surface area (Å²) in [5.41, 5.74) is 4.68. The summed E-state index contributed by atoms with van der Waals surface area (Å²) in [6, 6.07) is 27.4. The van der Waals surface area contributed by atoms with Gasteiger partial charge in [0.15, 0.2) is 0 Å². The number of nitrogens with zero attached hydrogens (tertiary/aromatic N) is 1. The molecule has 0 N–H and O–H groups in total. The van der Waals surface area contributed by atoms with Crippen LogP contribution in [0, 0.1) is 0 Å². The summed E-state index contributed by atoms with van der Waals surface area (Å²) in [6.07, 6.45) is 1.78. The van der Waals surface area contributed by atoms with E-state index < -0.39 is 0 Å². The molecule has 0 aliphatic heterocycles. The van der Waals surface area contributed by atoms with Gasteiger partial charge in [0.1, 0.15) is 11.2 Å². The zero-order chi connectivity index (χ0) is 17.5. The summed E-state index contributed by atoms with van der Waals surface area (Å²) in [5, 5.41) is 2.23. The lowest BCUT2D eigenvalue weighted by molar-refractivity contribution is 0.670. The van der Waals surface area contributed by atoms with Crippen molar-refractivity contribution < 1.29 is 4.42 Å². The van der Waals surface area contributed by atoms with E-state index in [1.54, 1.807) is 22.9 Å². The average Bonchev–Trinajstić information content (AvgIpc) is 3.07. The lowest BCUT2D eigenvalue weighted by Gasteiger charge is -2.07. The van der Waals surface area contributed by atoms with E-state index >= 15 is 0 Å². The molecule has 2 heterocycles. The highest BCUT2D eigenvalue weighted by molar-refractivity contribution is 6.09. The summed E-state index contributed by atoms with van der Waals surface area (Å²) in [6.45, 7) is 0. The number of furan rings is 1. The maximum atomic E-state index is 12.0. The van der Waals surface area contributed by atoms with Crippen LogP contribution < -0.4 is 5.56 Å². The van der Waals surface area contributed by atoms with Crippen LogP contribution in [0.25, 0.3) is 38.8 Å². The fourth-order valence-electron chi connectivity index (χ4n) is 3.42. The molecule has 0 spiro atoms. The smallest absolute Gasteiger partial charge is 0.255 e. The van der Waals surface area contributed by atoms with Crippen LogP contribution in [-0.4, -0.2) is 4.57 Å². The molecule has 0 saturated heterocycles. The number of fused-ring (bicyclic) bond motifs is 3. The molecular weight excluding hydrogens is 322 g/mol. The Hall–Kier alpha value is -3.59. The molecule has 2 aromatic heterocycles. The molecule has 124 valence electrons. The minimum Gasteiger partial charge on any atom is -0.455 e. The zero-order valence-electron chi connectivity index (χ0n) is 13.9. The van der Waals surface area contributed by atoms with Gasteiger partial charge in [-0.1, -0.05) is 54.6 Å². The molecule has 0 amide bonds. The second-order valence-electron chi connectivity index (χ2n) is 6.24. The lowest BCUT2D eigenvalue weighted by Crippen LogP contribution is -2.15. The van der Waals surface area contributed by atoms with Crippen molar-refractivity contribution in [3.05, 3.63) is 101 Å². The number of aromatic nitrogens is 1. The van der Waals surface area contributed by atoms with Crippen LogP contribution in [0.1, 0.15) is 0 Å². The summed E-state index contributed by atoms with van der Waals surface area (Å²) < 4.78 is 7.75. The topological polar surface area (TPSA) is 35.1 Å². The van der Waals surface area contributed by atoms with Crippen LogP contribution in [0.15, 0.2) is 100 Å². The number of hydrogen-bond acceptors (Lipinski definition) is 2. The van der Waals surface area contributed by atoms with Crippen LogP contribution in [0.4, 0.5) is 0 Å². The molecule has 3 heteroatoms. The van der Waals surface area contributed by atoms with Gasteiger partial charge in [-0.15, -0.1) is 0 Å². The molecule has 0 unspecified atom stereocenters. The van der Waals surface area contributed by atoms with Gasteiger partial charge in [-0.2, -0.15) is 0 Å². The Morgan fingerprint density at radius 3 is 2.31 bits per heavy atom. The number of para-hydroxylation sites is 2. The molecule has 0 aliphatic carbocycles. The third-order valence-electron chi connectivity index (χ3n) is 4.68. The Kier molecular flexibility index (Phi) is 3.25. The third-order valence-corrected chi connectivity index (χ3v) is 4.68. The van der Waals surface area contributed by atoms with Crippen LogP contribution >= 0.6 is 0 Å². The van der Waals surface area contributed by atoms with Crippen molar-refractivity contribution in [3.8, 4) is 16.8 Å². The highest BCUT2D eigenvalue weighted by Crippen LogP contribution is 2.35. The van der Waals surface area contributed by atoms with E-state index in [2.05, 4.69) is 24.3 Å². The number of hydrogen-bond donors (Lipinski definition) is 0. The normalized spacial score (nSPS) is 11.2. The van der Waals surface area contributed by atoms with Crippen molar-refractivity contribution in [2.24, 2.45) is 0 Å². The average molecular weight is 337 g/mol. The summed E-state index contributed by atoms with van der Waals surface area (Å²) in [4.78, 5) is 12.0. The van der Waals surface area contributed by atoms with Gasteiger partial charge < -0.3 is 4.42 Å². The zero-order valence-corrected chi connectivity index (χ0v) is 13.9. The van der Waals surface area contributed by atoms with Crippen molar-refractivity contribution in [1.82, 2.24) is 4.57 Å². The molecule has 0 saturated carbocycles. The highest BCUT2D eigenvalue weighted by Gasteiger charge is 2.11. The predicted molar refractivity (Wildman–Crippen MR) is 105 cm³/mol. The Bertz CT molecular complexity index is 1290. The van der Waals surface area contributed by atoms with Gasteiger partial charge in [-0.05, 0) is 29.8 Å². The largest absolute Gasteiger partial charge is 0.455 e. The second kappa shape index (κ2) is 5.74. The monoisotopic (exact) mass is 337 g/mol. The number of benzene rings is 3. The molecule has 0 bridgehead atoms. The summed E-state index contributed by atoms with van der Waals surface area (Å²) in [5.74, 6) is 0. The summed E-state index contributed by atoms with van der Waals surface area (Å²) in [7, 11) is 0. The van der Waals surface area contributed by atoms with Gasteiger partial charge in [-0.3, -0.25) is 9.36 Å². The van der Waals surface area contributed by atoms with E-state index in [0.29, 0.717) is 0 Å². The fourth-order valence-corrected chi connectivity index (χ4v) is 3.42. The molecule has 5 aromatic rings. The maximum absolute atomic E-state index is 12.0. The number of pyridine rings is 1. The molecule has 3 aromatic carbocycles. The van der Waals surface area contributed by atoms with Crippen molar-refractivity contribution >= 4 is 21.9 Å².